The van der Waals surface area contributed by atoms with Crippen molar-refractivity contribution in [2.24, 2.45) is 0 Å². The summed E-state index contributed by atoms with van der Waals surface area (Å²) in [5.74, 6) is -0.0969. The van der Waals surface area contributed by atoms with Crippen molar-refractivity contribution in [3.05, 3.63) is 44.2 Å². The molecule has 2 amide bonds. The van der Waals surface area contributed by atoms with Gasteiger partial charge in [-0.15, -0.1) is 11.3 Å². The van der Waals surface area contributed by atoms with Gasteiger partial charge in [-0.25, -0.2) is 0 Å². The molecule has 0 aliphatic heterocycles. The second-order valence-corrected chi connectivity index (χ2v) is 8.50. The molecule has 1 aliphatic rings. The average molecular weight is 457 g/mol. The molecule has 0 bridgehead atoms. The maximum Gasteiger partial charge on any atom is 0.262 e. The van der Waals surface area contributed by atoms with Crippen molar-refractivity contribution in [2.45, 2.75) is 25.7 Å². The normalized spacial score (nSPS) is 12.9. The largest absolute Gasteiger partial charge is 0.484 e. The van der Waals surface area contributed by atoms with Gasteiger partial charge in [0.25, 0.3) is 11.8 Å². The monoisotopic (exact) mass is 456 g/mol. The van der Waals surface area contributed by atoms with Crippen LogP contribution in [0, 0.1) is 0 Å². The van der Waals surface area contributed by atoms with Gasteiger partial charge in [-0.3, -0.25) is 9.59 Å². The molecular weight excluding hydrogens is 435 g/mol. The summed E-state index contributed by atoms with van der Waals surface area (Å²) in [5, 5.41) is 7.02. The van der Waals surface area contributed by atoms with Crippen LogP contribution in [0.25, 0.3) is 0 Å². The van der Waals surface area contributed by atoms with Crippen molar-refractivity contribution in [3.8, 4) is 5.75 Å². The number of hydrogen-bond donors (Lipinski definition) is 2. The van der Waals surface area contributed by atoms with Crippen molar-refractivity contribution < 1.29 is 19.1 Å². The van der Waals surface area contributed by atoms with Crippen LogP contribution in [0.5, 0.6) is 5.75 Å². The third-order valence-corrected chi connectivity index (χ3v) is 6.45. The molecule has 29 heavy (non-hydrogen) atoms. The summed E-state index contributed by atoms with van der Waals surface area (Å²) >= 11 is 13.3. The zero-order valence-electron chi connectivity index (χ0n) is 16.0. The van der Waals surface area contributed by atoms with Crippen molar-refractivity contribution in [1.82, 2.24) is 5.32 Å². The van der Waals surface area contributed by atoms with Gasteiger partial charge >= 0.3 is 0 Å². The lowest BCUT2D eigenvalue weighted by atomic mass is 9.95. The molecule has 0 fully saturated rings. The van der Waals surface area contributed by atoms with Crippen LogP contribution in [-0.4, -0.2) is 38.7 Å². The number of aryl methyl sites for hydroxylation is 1. The maximum atomic E-state index is 12.7. The lowest BCUT2D eigenvalue weighted by Gasteiger charge is -2.13. The molecule has 0 spiro atoms. The molecule has 1 aliphatic carbocycles. The molecule has 1 heterocycles. The maximum absolute atomic E-state index is 12.7. The SMILES string of the molecule is COCCNC(=O)c1c(NC(=O)COc2ccc(Cl)c(Cl)c2)sc2c1CCCC2. The van der Waals surface area contributed by atoms with Gasteiger partial charge in [0.2, 0.25) is 0 Å². The molecule has 1 aromatic carbocycles. The quantitative estimate of drug-likeness (QED) is 0.579. The van der Waals surface area contributed by atoms with Crippen molar-refractivity contribution in [3.63, 3.8) is 0 Å². The number of thiophene rings is 1. The number of ether oxygens (including phenoxy) is 2. The zero-order chi connectivity index (χ0) is 20.8. The average Bonchev–Trinajstić information content (AvgIpc) is 3.06. The van der Waals surface area contributed by atoms with Crippen molar-refractivity contribution in [2.75, 3.05) is 32.2 Å². The van der Waals surface area contributed by atoms with Crippen LogP contribution in [-0.2, 0) is 22.4 Å². The van der Waals surface area contributed by atoms with Crippen LogP contribution < -0.4 is 15.4 Å². The van der Waals surface area contributed by atoms with Crippen molar-refractivity contribution in [1.29, 1.82) is 0 Å². The van der Waals surface area contributed by atoms with Crippen LogP contribution in [0.4, 0.5) is 5.00 Å². The van der Waals surface area contributed by atoms with Gasteiger partial charge in [0, 0.05) is 24.6 Å². The van der Waals surface area contributed by atoms with E-state index in [1.807, 2.05) is 0 Å². The Balaban J connectivity index is 1.70. The Kier molecular flexibility index (Phi) is 7.77. The second kappa shape index (κ2) is 10.3. The van der Waals surface area contributed by atoms with E-state index in [0.717, 1.165) is 36.1 Å². The Morgan fingerprint density at radius 3 is 2.72 bits per heavy atom. The number of fused-ring (bicyclic) bond motifs is 1. The highest BCUT2D eigenvalue weighted by Gasteiger charge is 2.26. The fourth-order valence-corrected chi connectivity index (χ4v) is 4.72. The first kappa shape index (κ1) is 21.9. The van der Waals surface area contributed by atoms with Gasteiger partial charge in [-0.1, -0.05) is 23.2 Å². The number of rotatable bonds is 8. The third-order valence-electron chi connectivity index (χ3n) is 4.50. The molecule has 0 unspecified atom stereocenters. The summed E-state index contributed by atoms with van der Waals surface area (Å²) < 4.78 is 10.5. The Hall–Kier alpha value is -1.80. The topological polar surface area (TPSA) is 76.7 Å². The van der Waals surface area contributed by atoms with E-state index in [1.165, 1.54) is 11.3 Å². The summed E-state index contributed by atoms with van der Waals surface area (Å²) in [7, 11) is 1.58. The minimum absolute atomic E-state index is 0.192. The molecule has 0 atom stereocenters. The fourth-order valence-electron chi connectivity index (χ4n) is 3.13. The summed E-state index contributed by atoms with van der Waals surface area (Å²) in [5.41, 5.74) is 1.60. The molecule has 6 nitrogen and oxygen atoms in total. The first-order chi connectivity index (χ1) is 14.0. The molecule has 2 aromatic rings. The van der Waals surface area contributed by atoms with E-state index < -0.39 is 0 Å². The lowest BCUT2D eigenvalue weighted by Crippen LogP contribution is -2.29. The van der Waals surface area contributed by atoms with Crippen LogP contribution in [0.2, 0.25) is 10.0 Å². The molecule has 156 valence electrons. The molecule has 3 rings (SSSR count). The van der Waals surface area contributed by atoms with E-state index in [2.05, 4.69) is 10.6 Å². The summed E-state index contributed by atoms with van der Waals surface area (Å²) in [6.45, 7) is 0.635. The number of benzene rings is 1. The first-order valence-corrected chi connectivity index (χ1v) is 10.9. The summed E-state index contributed by atoms with van der Waals surface area (Å²) in [6.07, 6.45) is 3.89. The predicted molar refractivity (Wildman–Crippen MR) is 116 cm³/mol. The number of carbonyl (C=O) groups excluding carboxylic acids is 2. The zero-order valence-corrected chi connectivity index (χ0v) is 18.3. The van der Waals surface area contributed by atoms with E-state index in [-0.39, 0.29) is 18.4 Å². The Labute approximate surface area is 183 Å². The standard InChI is InChI=1S/C20H22Cl2N2O4S/c1-27-9-8-23-19(26)18-13-4-2-3-5-16(13)29-20(18)24-17(25)11-28-12-6-7-14(21)15(22)10-12/h6-7,10H,2-5,8-9,11H2,1H3,(H,23,26)(H,24,25). The van der Waals surface area contributed by atoms with Gasteiger partial charge in [0.1, 0.15) is 10.8 Å². The molecule has 0 radical (unpaired) electrons. The highest BCUT2D eigenvalue weighted by molar-refractivity contribution is 7.17. The molecule has 2 N–H and O–H groups in total. The molecule has 0 saturated heterocycles. The minimum atomic E-state index is -0.347. The number of nitrogens with one attached hydrogen (secondary N) is 2. The smallest absolute Gasteiger partial charge is 0.262 e. The van der Waals surface area contributed by atoms with E-state index in [0.29, 0.717) is 39.5 Å². The van der Waals surface area contributed by atoms with E-state index >= 15 is 0 Å². The lowest BCUT2D eigenvalue weighted by molar-refractivity contribution is -0.118. The number of hydrogen-bond acceptors (Lipinski definition) is 5. The Bertz CT molecular complexity index is 901. The molecule has 1 aromatic heterocycles. The Morgan fingerprint density at radius 2 is 1.97 bits per heavy atom. The Morgan fingerprint density at radius 1 is 1.17 bits per heavy atom. The summed E-state index contributed by atoms with van der Waals surface area (Å²) in [4.78, 5) is 26.3. The molecule has 9 heteroatoms. The second-order valence-electron chi connectivity index (χ2n) is 6.58. The number of amides is 2. The van der Waals surface area contributed by atoms with Gasteiger partial charge in [-0.05, 0) is 43.4 Å². The van der Waals surface area contributed by atoms with Crippen LogP contribution >= 0.6 is 34.5 Å². The van der Waals surface area contributed by atoms with Crippen LogP contribution in [0.15, 0.2) is 18.2 Å². The van der Waals surface area contributed by atoms with Gasteiger partial charge in [-0.2, -0.15) is 0 Å². The molecular formula is C20H22Cl2N2O4S. The summed E-state index contributed by atoms with van der Waals surface area (Å²) in [6, 6.07) is 4.79. The van der Waals surface area contributed by atoms with Gasteiger partial charge < -0.3 is 20.1 Å². The van der Waals surface area contributed by atoms with Crippen LogP contribution in [0.1, 0.15) is 33.6 Å². The van der Waals surface area contributed by atoms with Crippen molar-refractivity contribution >= 4 is 51.4 Å². The number of halogens is 2. The minimum Gasteiger partial charge on any atom is -0.484 e. The highest BCUT2D eigenvalue weighted by Crippen LogP contribution is 2.38. The van der Waals surface area contributed by atoms with E-state index in [9.17, 15) is 9.59 Å². The van der Waals surface area contributed by atoms with Gasteiger partial charge in [0.15, 0.2) is 6.61 Å². The highest BCUT2D eigenvalue weighted by atomic mass is 35.5. The predicted octanol–water partition coefficient (Wildman–Crippen LogP) is 4.33. The fraction of sp³-hybridized carbons (Fsp3) is 0.400. The number of anilines is 1. The third kappa shape index (κ3) is 5.63. The first-order valence-electron chi connectivity index (χ1n) is 9.29. The van der Waals surface area contributed by atoms with Crippen LogP contribution in [0.3, 0.4) is 0 Å². The molecule has 0 saturated carbocycles. The van der Waals surface area contributed by atoms with E-state index in [1.54, 1.807) is 25.3 Å². The number of methoxy groups -OCH3 is 1. The number of carbonyl (C=O) groups is 2. The van der Waals surface area contributed by atoms with E-state index in [4.69, 9.17) is 32.7 Å². The van der Waals surface area contributed by atoms with Gasteiger partial charge in [0.05, 0.1) is 22.2 Å².